The molecule has 1 aromatic carbocycles. The van der Waals surface area contributed by atoms with Gasteiger partial charge in [0.15, 0.2) is 0 Å². The number of nitrogens with zero attached hydrogens (tertiary/aromatic N) is 2. The second-order valence-electron chi connectivity index (χ2n) is 5.07. The summed E-state index contributed by atoms with van der Waals surface area (Å²) < 4.78 is 9.79. The molecule has 1 fully saturated rings. The van der Waals surface area contributed by atoms with E-state index in [0.717, 1.165) is 0 Å². The zero-order valence-corrected chi connectivity index (χ0v) is 13.9. The number of nitrogens with one attached hydrogen (secondary N) is 1. The zero-order chi connectivity index (χ0) is 16.8. The van der Waals surface area contributed by atoms with Crippen LogP contribution >= 0.6 is 11.6 Å². The fourth-order valence-corrected chi connectivity index (χ4v) is 2.57. The summed E-state index contributed by atoms with van der Waals surface area (Å²) in [6, 6.07) is 4.81. The van der Waals surface area contributed by atoms with Crippen LogP contribution in [-0.4, -0.2) is 62.3 Å². The van der Waals surface area contributed by atoms with Crippen molar-refractivity contribution >= 4 is 29.4 Å². The van der Waals surface area contributed by atoms with E-state index in [2.05, 4.69) is 5.32 Å². The maximum atomic E-state index is 12.4. The molecule has 0 saturated carbocycles. The highest BCUT2D eigenvalue weighted by Crippen LogP contribution is 2.26. The molecule has 1 aliphatic rings. The summed E-state index contributed by atoms with van der Waals surface area (Å²) in [5.74, 6) is 0.622. The van der Waals surface area contributed by atoms with Crippen molar-refractivity contribution in [3.8, 4) is 5.75 Å². The van der Waals surface area contributed by atoms with E-state index in [1.807, 2.05) is 0 Å². The van der Waals surface area contributed by atoms with Crippen LogP contribution < -0.4 is 10.1 Å². The second kappa shape index (κ2) is 7.92. The third-order valence-electron chi connectivity index (χ3n) is 3.63. The number of anilines is 1. The molecule has 23 heavy (non-hydrogen) atoms. The van der Waals surface area contributed by atoms with Crippen LogP contribution in [0, 0.1) is 0 Å². The number of urea groups is 1. The van der Waals surface area contributed by atoms with Gasteiger partial charge in [0, 0.05) is 32.2 Å². The molecule has 7 nitrogen and oxygen atoms in total. The normalized spacial score (nSPS) is 14.9. The van der Waals surface area contributed by atoms with Crippen molar-refractivity contribution in [2.24, 2.45) is 0 Å². The van der Waals surface area contributed by atoms with Crippen molar-refractivity contribution in [3.05, 3.63) is 23.2 Å². The van der Waals surface area contributed by atoms with Crippen LogP contribution in [0.2, 0.25) is 5.02 Å². The molecule has 8 heteroatoms. The Morgan fingerprint density at radius 3 is 2.48 bits per heavy atom. The number of ether oxygens (including phenoxy) is 2. The maximum Gasteiger partial charge on any atom is 0.409 e. The van der Waals surface area contributed by atoms with Gasteiger partial charge < -0.3 is 24.6 Å². The highest BCUT2D eigenvalue weighted by Gasteiger charge is 2.22. The molecule has 3 amide bonds. The molecule has 0 radical (unpaired) electrons. The Kier molecular flexibility index (Phi) is 5.92. The monoisotopic (exact) mass is 341 g/mol. The highest BCUT2D eigenvalue weighted by molar-refractivity contribution is 6.33. The molecule has 1 saturated heterocycles. The lowest BCUT2D eigenvalue weighted by Crippen LogP contribution is -2.39. The molecule has 2 rings (SSSR count). The lowest BCUT2D eigenvalue weighted by molar-refractivity contribution is 0.125. The fraction of sp³-hybridized carbons (Fsp3) is 0.467. The average Bonchev–Trinajstić information content (AvgIpc) is 2.82. The summed E-state index contributed by atoms with van der Waals surface area (Å²) in [7, 11) is 2.90. The van der Waals surface area contributed by atoms with Gasteiger partial charge >= 0.3 is 12.1 Å². The number of hydrogen-bond donors (Lipinski definition) is 1. The molecule has 1 aliphatic heterocycles. The Balaban J connectivity index is 1.97. The van der Waals surface area contributed by atoms with Crippen LogP contribution in [0.5, 0.6) is 5.75 Å². The van der Waals surface area contributed by atoms with Crippen LogP contribution in [0.15, 0.2) is 18.2 Å². The van der Waals surface area contributed by atoms with E-state index < -0.39 is 0 Å². The van der Waals surface area contributed by atoms with Crippen LogP contribution in [0.3, 0.4) is 0 Å². The van der Waals surface area contributed by atoms with Gasteiger partial charge in [-0.2, -0.15) is 0 Å². The third-order valence-corrected chi connectivity index (χ3v) is 3.95. The fourth-order valence-electron chi connectivity index (χ4n) is 2.35. The van der Waals surface area contributed by atoms with E-state index in [9.17, 15) is 9.59 Å². The highest BCUT2D eigenvalue weighted by atomic mass is 35.5. The predicted molar refractivity (Wildman–Crippen MR) is 87.2 cm³/mol. The SMILES string of the molecule is COC(=O)N1CCCN(C(=O)Nc2ccc(OC)cc2Cl)CC1. The largest absolute Gasteiger partial charge is 0.497 e. The minimum absolute atomic E-state index is 0.246. The molecule has 0 spiro atoms. The van der Waals surface area contributed by atoms with Crippen molar-refractivity contribution in [1.82, 2.24) is 9.80 Å². The molecule has 0 unspecified atom stereocenters. The van der Waals surface area contributed by atoms with Gasteiger partial charge in [-0.25, -0.2) is 9.59 Å². The summed E-state index contributed by atoms with van der Waals surface area (Å²) in [5.41, 5.74) is 0.520. The predicted octanol–water partition coefficient (Wildman–Crippen LogP) is 2.65. The summed E-state index contributed by atoms with van der Waals surface area (Å²) in [6.45, 7) is 2.01. The number of carbonyl (C=O) groups excluding carboxylic acids is 2. The summed E-state index contributed by atoms with van der Waals surface area (Å²) in [4.78, 5) is 27.2. The van der Waals surface area contributed by atoms with Crippen molar-refractivity contribution in [1.29, 1.82) is 0 Å². The first kappa shape index (κ1) is 17.2. The zero-order valence-electron chi connectivity index (χ0n) is 13.2. The molecule has 0 aromatic heterocycles. The molecule has 0 bridgehead atoms. The van der Waals surface area contributed by atoms with Crippen LogP contribution in [0.25, 0.3) is 0 Å². The lowest BCUT2D eigenvalue weighted by Gasteiger charge is -2.22. The Morgan fingerprint density at radius 1 is 1.13 bits per heavy atom. The minimum Gasteiger partial charge on any atom is -0.497 e. The van der Waals surface area contributed by atoms with Crippen LogP contribution in [0.4, 0.5) is 15.3 Å². The first-order chi connectivity index (χ1) is 11.0. The number of hydrogen-bond acceptors (Lipinski definition) is 4. The van der Waals surface area contributed by atoms with Gasteiger partial charge in [-0.15, -0.1) is 0 Å². The molecular weight excluding hydrogens is 322 g/mol. The number of amides is 3. The van der Waals surface area contributed by atoms with Crippen molar-refractivity contribution < 1.29 is 19.1 Å². The minimum atomic E-state index is -0.370. The number of benzene rings is 1. The van der Waals surface area contributed by atoms with E-state index in [-0.39, 0.29) is 12.1 Å². The number of halogens is 1. The van der Waals surface area contributed by atoms with E-state index in [0.29, 0.717) is 49.1 Å². The van der Waals surface area contributed by atoms with E-state index in [1.54, 1.807) is 35.1 Å². The van der Waals surface area contributed by atoms with Gasteiger partial charge in [0.1, 0.15) is 5.75 Å². The Hall–Kier alpha value is -2.15. The molecule has 0 aliphatic carbocycles. The van der Waals surface area contributed by atoms with Crippen LogP contribution in [-0.2, 0) is 4.74 Å². The maximum absolute atomic E-state index is 12.4. The quantitative estimate of drug-likeness (QED) is 0.897. The Bertz CT molecular complexity index is 582. The number of rotatable bonds is 2. The third kappa shape index (κ3) is 4.41. The van der Waals surface area contributed by atoms with Gasteiger partial charge in [0.2, 0.25) is 0 Å². The number of methoxy groups -OCH3 is 2. The first-order valence-electron chi connectivity index (χ1n) is 7.27. The molecule has 1 aromatic rings. The van der Waals surface area contributed by atoms with E-state index in [4.69, 9.17) is 21.1 Å². The van der Waals surface area contributed by atoms with Crippen molar-refractivity contribution in [2.45, 2.75) is 6.42 Å². The topological polar surface area (TPSA) is 71.1 Å². The summed E-state index contributed by atoms with van der Waals surface area (Å²) >= 11 is 6.12. The Morgan fingerprint density at radius 2 is 1.83 bits per heavy atom. The molecule has 0 atom stereocenters. The van der Waals surface area contributed by atoms with E-state index in [1.165, 1.54) is 7.11 Å². The standard InChI is InChI=1S/C15H20ClN3O4/c1-22-11-4-5-13(12(16)10-11)17-14(20)18-6-3-7-19(9-8-18)15(21)23-2/h4-5,10H,3,6-9H2,1-2H3,(H,17,20). The lowest BCUT2D eigenvalue weighted by atomic mass is 10.3. The van der Waals surface area contributed by atoms with E-state index >= 15 is 0 Å². The Labute approximate surface area is 140 Å². The second-order valence-corrected chi connectivity index (χ2v) is 5.48. The first-order valence-corrected chi connectivity index (χ1v) is 7.65. The van der Waals surface area contributed by atoms with Gasteiger partial charge in [0.25, 0.3) is 0 Å². The molecule has 1 heterocycles. The molecule has 1 N–H and O–H groups in total. The van der Waals surface area contributed by atoms with Gasteiger partial charge in [-0.05, 0) is 18.6 Å². The van der Waals surface area contributed by atoms with Gasteiger partial charge in [0.05, 0.1) is 24.9 Å². The smallest absolute Gasteiger partial charge is 0.409 e. The van der Waals surface area contributed by atoms with Gasteiger partial charge in [-0.1, -0.05) is 11.6 Å². The average molecular weight is 342 g/mol. The van der Waals surface area contributed by atoms with Crippen molar-refractivity contribution in [2.75, 3.05) is 45.7 Å². The summed E-state index contributed by atoms with van der Waals surface area (Å²) in [6.07, 6.45) is 0.323. The number of carbonyl (C=O) groups is 2. The van der Waals surface area contributed by atoms with Crippen LogP contribution in [0.1, 0.15) is 6.42 Å². The summed E-state index contributed by atoms with van der Waals surface area (Å²) in [5, 5.41) is 3.19. The van der Waals surface area contributed by atoms with Crippen molar-refractivity contribution in [3.63, 3.8) is 0 Å². The molecule has 126 valence electrons. The molecular formula is C15H20ClN3O4. The van der Waals surface area contributed by atoms with Gasteiger partial charge in [-0.3, -0.25) is 0 Å².